The van der Waals surface area contributed by atoms with Crippen LogP contribution < -0.4 is 0 Å². The van der Waals surface area contributed by atoms with Gasteiger partial charge in [0, 0.05) is 24.7 Å². The molecular formula is C16H19N7O. The largest absolute Gasteiger partial charge is 0.333 e. The summed E-state index contributed by atoms with van der Waals surface area (Å²) in [6.45, 7) is 1.23. The summed E-state index contributed by atoms with van der Waals surface area (Å²) in [5, 5.41) is 16.0. The van der Waals surface area contributed by atoms with Gasteiger partial charge in [-0.1, -0.05) is 23.4 Å². The van der Waals surface area contributed by atoms with Crippen molar-refractivity contribution in [3.05, 3.63) is 42.4 Å². The fourth-order valence-electron chi connectivity index (χ4n) is 3.37. The van der Waals surface area contributed by atoms with Crippen molar-refractivity contribution >= 4 is 16.8 Å². The average Bonchev–Trinajstić information content (AvgIpc) is 3.31. The first-order chi connectivity index (χ1) is 11.6. The molecule has 1 saturated heterocycles. The molecule has 2 aromatic heterocycles. The number of rotatable bonds is 3. The van der Waals surface area contributed by atoms with Crippen molar-refractivity contribution in [2.24, 2.45) is 0 Å². The summed E-state index contributed by atoms with van der Waals surface area (Å²) in [6, 6.07) is 7.94. The third kappa shape index (κ3) is 2.35. The third-order valence-electron chi connectivity index (χ3n) is 4.66. The number of likely N-dealkylation sites (tertiary alicyclic amines) is 1. The molecule has 2 atom stereocenters. The first-order valence-corrected chi connectivity index (χ1v) is 7.90. The lowest BCUT2D eigenvalue weighted by Crippen LogP contribution is -2.37. The molecule has 8 nitrogen and oxygen atoms in total. The molecule has 0 bridgehead atoms. The van der Waals surface area contributed by atoms with Crippen LogP contribution in [0.5, 0.6) is 0 Å². The number of aromatic nitrogens is 5. The van der Waals surface area contributed by atoms with E-state index in [1.807, 2.05) is 54.1 Å². The van der Waals surface area contributed by atoms with Crippen LogP contribution in [0.25, 0.3) is 10.9 Å². The number of nitrogens with zero attached hydrogens (tertiary/aromatic N) is 6. The van der Waals surface area contributed by atoms with E-state index in [1.54, 1.807) is 6.20 Å². The Morgan fingerprint density at radius 1 is 1.29 bits per heavy atom. The van der Waals surface area contributed by atoms with Gasteiger partial charge in [0.15, 0.2) is 5.69 Å². The Hall–Kier alpha value is -2.74. The molecule has 1 N–H and O–H groups in total. The number of carbonyl (C=O) groups excluding carboxylic acids is 1. The minimum atomic E-state index is -0.0538. The molecule has 1 fully saturated rings. The molecule has 4 rings (SSSR count). The fraction of sp³-hybridized carbons (Fsp3) is 0.375. The molecule has 124 valence electrons. The zero-order valence-corrected chi connectivity index (χ0v) is 13.6. The van der Waals surface area contributed by atoms with E-state index in [1.165, 1.54) is 0 Å². The van der Waals surface area contributed by atoms with E-state index in [4.69, 9.17) is 0 Å². The first kappa shape index (κ1) is 14.8. The lowest BCUT2D eigenvalue weighted by atomic mass is 10.1. The van der Waals surface area contributed by atoms with Crippen molar-refractivity contribution in [2.45, 2.75) is 12.1 Å². The van der Waals surface area contributed by atoms with Crippen molar-refractivity contribution < 1.29 is 4.79 Å². The summed E-state index contributed by atoms with van der Waals surface area (Å²) in [5.41, 5.74) is 1.35. The summed E-state index contributed by atoms with van der Waals surface area (Å²) in [5.74, 6) is -0.0538. The number of para-hydroxylation sites is 1. The van der Waals surface area contributed by atoms with E-state index in [9.17, 15) is 4.79 Å². The molecule has 24 heavy (non-hydrogen) atoms. The molecule has 0 saturated carbocycles. The highest BCUT2D eigenvalue weighted by Crippen LogP contribution is 2.27. The zero-order valence-electron chi connectivity index (χ0n) is 13.6. The second kappa shape index (κ2) is 5.72. The van der Waals surface area contributed by atoms with Crippen LogP contribution in [0.4, 0.5) is 0 Å². The molecular weight excluding hydrogens is 306 g/mol. The first-order valence-electron chi connectivity index (χ1n) is 7.90. The van der Waals surface area contributed by atoms with Crippen LogP contribution in [0.2, 0.25) is 0 Å². The lowest BCUT2D eigenvalue weighted by molar-refractivity contribution is 0.0777. The van der Waals surface area contributed by atoms with Gasteiger partial charge >= 0.3 is 0 Å². The monoisotopic (exact) mass is 325 g/mol. The van der Waals surface area contributed by atoms with E-state index in [-0.39, 0.29) is 18.0 Å². The number of amides is 1. The standard InChI is InChI=1S/C16H19N7O/c1-21(2)13-9-22(10-14(13)23-8-7-17-20-23)16(24)15-11-5-3-4-6-12(11)18-19-15/h3-8,13-14H,9-10H2,1-2H3,(H,18,19)/t13-,14+/m1/s1. The second-order valence-electron chi connectivity index (χ2n) is 6.31. The van der Waals surface area contributed by atoms with Gasteiger partial charge in [0.25, 0.3) is 5.91 Å². The van der Waals surface area contributed by atoms with Gasteiger partial charge in [0.2, 0.25) is 0 Å². The van der Waals surface area contributed by atoms with Crippen molar-refractivity contribution in [1.82, 2.24) is 35.0 Å². The van der Waals surface area contributed by atoms with Gasteiger partial charge in [-0.15, -0.1) is 5.10 Å². The van der Waals surface area contributed by atoms with E-state index in [0.29, 0.717) is 18.8 Å². The van der Waals surface area contributed by atoms with Gasteiger partial charge in [-0.05, 0) is 20.2 Å². The summed E-state index contributed by atoms with van der Waals surface area (Å²) in [7, 11) is 4.04. The maximum atomic E-state index is 13.0. The Morgan fingerprint density at radius 3 is 2.88 bits per heavy atom. The Labute approximate surface area is 139 Å². The van der Waals surface area contributed by atoms with Crippen molar-refractivity contribution in [2.75, 3.05) is 27.2 Å². The Bertz CT molecular complexity index is 854. The van der Waals surface area contributed by atoms with Gasteiger partial charge in [-0.2, -0.15) is 5.10 Å². The molecule has 1 aliphatic rings. The van der Waals surface area contributed by atoms with Gasteiger partial charge in [0.1, 0.15) is 0 Å². The number of benzene rings is 1. The summed E-state index contributed by atoms with van der Waals surface area (Å²) >= 11 is 0. The van der Waals surface area contributed by atoms with Crippen LogP contribution in [0.1, 0.15) is 16.5 Å². The molecule has 0 unspecified atom stereocenters. The number of carbonyl (C=O) groups is 1. The van der Waals surface area contributed by atoms with Crippen LogP contribution in [0.15, 0.2) is 36.7 Å². The fourth-order valence-corrected chi connectivity index (χ4v) is 3.37. The van der Waals surface area contributed by atoms with Crippen molar-refractivity contribution in [3.8, 4) is 0 Å². The van der Waals surface area contributed by atoms with Crippen LogP contribution in [0.3, 0.4) is 0 Å². The van der Waals surface area contributed by atoms with Crippen LogP contribution >= 0.6 is 0 Å². The SMILES string of the molecule is CN(C)[C@@H]1CN(C(=O)c2n[nH]c3ccccc23)C[C@@H]1n1ccnn1. The molecule has 0 radical (unpaired) electrons. The number of aromatic amines is 1. The quantitative estimate of drug-likeness (QED) is 0.769. The van der Waals surface area contributed by atoms with Gasteiger partial charge < -0.3 is 9.80 Å². The molecule has 3 aromatic rings. The number of hydrogen-bond acceptors (Lipinski definition) is 5. The Balaban J connectivity index is 1.64. The molecule has 0 aliphatic carbocycles. The van der Waals surface area contributed by atoms with E-state index < -0.39 is 0 Å². The highest BCUT2D eigenvalue weighted by Gasteiger charge is 2.39. The summed E-state index contributed by atoms with van der Waals surface area (Å²) in [4.78, 5) is 17.0. The Morgan fingerprint density at radius 2 is 2.12 bits per heavy atom. The zero-order chi connectivity index (χ0) is 16.7. The Kier molecular flexibility index (Phi) is 3.53. The van der Waals surface area contributed by atoms with Crippen molar-refractivity contribution in [1.29, 1.82) is 0 Å². The van der Waals surface area contributed by atoms with Gasteiger partial charge in [-0.3, -0.25) is 9.89 Å². The maximum absolute atomic E-state index is 13.0. The summed E-state index contributed by atoms with van der Waals surface area (Å²) in [6.07, 6.45) is 3.51. The number of H-pyrrole nitrogens is 1. The minimum absolute atomic E-state index is 0.0538. The number of likely N-dealkylation sites (N-methyl/N-ethyl adjacent to an activating group) is 1. The van der Waals surface area contributed by atoms with Gasteiger partial charge in [-0.25, -0.2) is 4.68 Å². The number of nitrogens with one attached hydrogen (secondary N) is 1. The predicted octanol–water partition coefficient (Wildman–Crippen LogP) is 0.782. The summed E-state index contributed by atoms with van der Waals surface area (Å²) < 4.78 is 1.83. The highest BCUT2D eigenvalue weighted by atomic mass is 16.2. The van der Waals surface area contributed by atoms with Crippen LogP contribution in [0, 0.1) is 0 Å². The lowest BCUT2D eigenvalue weighted by Gasteiger charge is -2.24. The molecule has 1 aromatic carbocycles. The van der Waals surface area contributed by atoms with E-state index in [0.717, 1.165) is 10.9 Å². The molecule has 8 heteroatoms. The maximum Gasteiger partial charge on any atom is 0.275 e. The second-order valence-corrected chi connectivity index (χ2v) is 6.31. The highest BCUT2D eigenvalue weighted by molar-refractivity contribution is 6.04. The third-order valence-corrected chi connectivity index (χ3v) is 4.66. The molecule has 0 spiro atoms. The predicted molar refractivity (Wildman–Crippen MR) is 88.5 cm³/mol. The van der Waals surface area contributed by atoms with Crippen LogP contribution in [-0.2, 0) is 0 Å². The number of fused-ring (bicyclic) bond motifs is 1. The molecule has 1 aliphatic heterocycles. The molecule has 1 amide bonds. The van der Waals surface area contributed by atoms with Crippen molar-refractivity contribution in [3.63, 3.8) is 0 Å². The molecule has 3 heterocycles. The van der Waals surface area contributed by atoms with Crippen LogP contribution in [-0.4, -0.2) is 74.1 Å². The van der Waals surface area contributed by atoms with Gasteiger partial charge in [0.05, 0.1) is 23.8 Å². The van der Waals surface area contributed by atoms with E-state index >= 15 is 0 Å². The smallest absolute Gasteiger partial charge is 0.275 e. The number of hydrogen-bond donors (Lipinski definition) is 1. The average molecular weight is 325 g/mol. The topological polar surface area (TPSA) is 82.9 Å². The minimum Gasteiger partial charge on any atom is -0.333 e. The normalized spacial score (nSPS) is 21.0. The van der Waals surface area contributed by atoms with E-state index in [2.05, 4.69) is 25.4 Å².